The van der Waals surface area contributed by atoms with Gasteiger partial charge in [-0.3, -0.25) is 4.90 Å². The molecule has 0 bridgehead atoms. The molecule has 0 amide bonds. The van der Waals surface area contributed by atoms with E-state index in [4.69, 9.17) is 15.2 Å². The Labute approximate surface area is 113 Å². The van der Waals surface area contributed by atoms with E-state index in [2.05, 4.69) is 25.7 Å². The SMILES string of the molecule is CCC(CC)CN(CC)C(CN)CC(OC)OC. The van der Waals surface area contributed by atoms with Crippen LogP contribution in [-0.4, -0.2) is 51.1 Å². The van der Waals surface area contributed by atoms with E-state index in [0.29, 0.717) is 12.6 Å². The number of nitrogens with zero attached hydrogens (tertiary/aromatic N) is 1. The zero-order valence-electron chi connectivity index (χ0n) is 12.8. The molecule has 0 rings (SSSR count). The third kappa shape index (κ3) is 6.14. The van der Waals surface area contributed by atoms with Gasteiger partial charge in [-0.15, -0.1) is 0 Å². The predicted octanol–water partition coefficient (Wildman–Crippen LogP) is 2.08. The van der Waals surface area contributed by atoms with Crippen LogP contribution in [0.3, 0.4) is 0 Å². The Bertz CT molecular complexity index is 163. The van der Waals surface area contributed by atoms with E-state index >= 15 is 0 Å². The Morgan fingerprint density at radius 2 is 1.61 bits per heavy atom. The summed E-state index contributed by atoms with van der Waals surface area (Å²) in [6.07, 6.45) is 3.12. The van der Waals surface area contributed by atoms with Crippen LogP contribution in [-0.2, 0) is 9.47 Å². The van der Waals surface area contributed by atoms with Crippen molar-refractivity contribution in [2.24, 2.45) is 11.7 Å². The molecule has 0 aromatic rings. The summed E-state index contributed by atoms with van der Waals surface area (Å²) in [6, 6.07) is 0.334. The minimum Gasteiger partial charge on any atom is -0.356 e. The van der Waals surface area contributed by atoms with Crippen molar-refractivity contribution >= 4 is 0 Å². The number of hydrogen-bond acceptors (Lipinski definition) is 4. The summed E-state index contributed by atoms with van der Waals surface area (Å²) >= 11 is 0. The Balaban J connectivity index is 4.45. The molecule has 110 valence electrons. The van der Waals surface area contributed by atoms with Crippen LogP contribution in [0.2, 0.25) is 0 Å². The second-order valence-corrected chi connectivity index (χ2v) is 4.80. The van der Waals surface area contributed by atoms with Gasteiger partial charge < -0.3 is 15.2 Å². The lowest BCUT2D eigenvalue weighted by Gasteiger charge is -2.34. The maximum absolute atomic E-state index is 5.91. The number of nitrogens with two attached hydrogens (primary N) is 1. The van der Waals surface area contributed by atoms with Crippen LogP contribution in [0.1, 0.15) is 40.0 Å². The van der Waals surface area contributed by atoms with Crippen LogP contribution in [0.15, 0.2) is 0 Å². The van der Waals surface area contributed by atoms with Crippen LogP contribution in [0.4, 0.5) is 0 Å². The Kier molecular flexibility index (Phi) is 10.6. The van der Waals surface area contributed by atoms with E-state index in [9.17, 15) is 0 Å². The van der Waals surface area contributed by atoms with E-state index < -0.39 is 0 Å². The van der Waals surface area contributed by atoms with Crippen LogP contribution >= 0.6 is 0 Å². The van der Waals surface area contributed by atoms with Gasteiger partial charge >= 0.3 is 0 Å². The normalized spacial score (nSPS) is 13.8. The minimum absolute atomic E-state index is 0.158. The third-order valence-corrected chi connectivity index (χ3v) is 3.83. The van der Waals surface area contributed by atoms with E-state index in [-0.39, 0.29) is 6.29 Å². The second kappa shape index (κ2) is 10.7. The van der Waals surface area contributed by atoms with Crippen LogP contribution < -0.4 is 5.73 Å². The smallest absolute Gasteiger partial charge is 0.158 e. The predicted molar refractivity (Wildman–Crippen MR) is 76.6 cm³/mol. The van der Waals surface area contributed by atoms with Crippen molar-refractivity contribution in [1.82, 2.24) is 4.90 Å². The first-order chi connectivity index (χ1) is 8.66. The maximum Gasteiger partial charge on any atom is 0.158 e. The summed E-state index contributed by atoms with van der Waals surface area (Å²) < 4.78 is 10.6. The maximum atomic E-state index is 5.91. The highest BCUT2D eigenvalue weighted by atomic mass is 16.7. The largest absolute Gasteiger partial charge is 0.356 e. The molecular formula is C14H32N2O2. The number of ether oxygens (including phenoxy) is 2. The summed E-state index contributed by atoms with van der Waals surface area (Å²) in [7, 11) is 3.36. The number of rotatable bonds is 11. The molecule has 1 atom stereocenters. The lowest BCUT2D eigenvalue weighted by atomic mass is 10.0. The molecule has 0 radical (unpaired) electrons. The monoisotopic (exact) mass is 260 g/mol. The highest BCUT2D eigenvalue weighted by Crippen LogP contribution is 2.15. The van der Waals surface area contributed by atoms with Gasteiger partial charge in [0.15, 0.2) is 6.29 Å². The number of likely N-dealkylation sites (N-methyl/N-ethyl adjacent to an activating group) is 1. The molecule has 18 heavy (non-hydrogen) atoms. The van der Waals surface area contributed by atoms with Gasteiger partial charge in [0.2, 0.25) is 0 Å². The molecule has 0 heterocycles. The first-order valence-corrected chi connectivity index (χ1v) is 7.16. The quantitative estimate of drug-likeness (QED) is 0.578. The van der Waals surface area contributed by atoms with E-state index in [1.807, 2.05) is 0 Å². The molecule has 4 nitrogen and oxygen atoms in total. The van der Waals surface area contributed by atoms with Crippen LogP contribution in [0.5, 0.6) is 0 Å². The van der Waals surface area contributed by atoms with Gasteiger partial charge in [0.1, 0.15) is 0 Å². The molecule has 0 fully saturated rings. The van der Waals surface area contributed by atoms with Crippen molar-refractivity contribution in [2.75, 3.05) is 33.9 Å². The molecule has 0 saturated heterocycles. The topological polar surface area (TPSA) is 47.7 Å². The third-order valence-electron chi connectivity index (χ3n) is 3.83. The Morgan fingerprint density at radius 1 is 1.06 bits per heavy atom. The lowest BCUT2D eigenvalue weighted by molar-refractivity contribution is -0.117. The zero-order chi connectivity index (χ0) is 14.0. The van der Waals surface area contributed by atoms with E-state index in [1.54, 1.807) is 14.2 Å². The van der Waals surface area contributed by atoms with Gasteiger partial charge in [0, 0.05) is 39.8 Å². The van der Waals surface area contributed by atoms with Crippen LogP contribution in [0.25, 0.3) is 0 Å². The van der Waals surface area contributed by atoms with Gasteiger partial charge in [0.25, 0.3) is 0 Å². The van der Waals surface area contributed by atoms with Gasteiger partial charge in [-0.2, -0.15) is 0 Å². The minimum atomic E-state index is -0.158. The van der Waals surface area contributed by atoms with Crippen molar-refractivity contribution in [2.45, 2.75) is 52.4 Å². The first-order valence-electron chi connectivity index (χ1n) is 7.16. The molecule has 4 heteroatoms. The summed E-state index contributed by atoms with van der Waals surface area (Å²) in [4.78, 5) is 2.46. The molecule has 0 saturated carbocycles. The number of methoxy groups -OCH3 is 2. The van der Waals surface area contributed by atoms with Gasteiger partial charge in [-0.1, -0.05) is 33.6 Å². The van der Waals surface area contributed by atoms with E-state index in [0.717, 1.165) is 25.4 Å². The summed E-state index contributed by atoms with van der Waals surface area (Å²) in [5.74, 6) is 0.752. The molecule has 2 N–H and O–H groups in total. The van der Waals surface area contributed by atoms with E-state index in [1.165, 1.54) is 12.8 Å². The molecule has 0 aromatic heterocycles. The van der Waals surface area contributed by atoms with Crippen molar-refractivity contribution in [3.63, 3.8) is 0 Å². The Morgan fingerprint density at radius 3 is 1.94 bits per heavy atom. The molecule has 0 aliphatic heterocycles. The standard InChI is InChI=1S/C14H32N2O2/c1-6-12(7-2)11-16(8-3)13(10-15)9-14(17-4)18-5/h12-14H,6-11,15H2,1-5H3. The molecule has 0 spiro atoms. The highest BCUT2D eigenvalue weighted by molar-refractivity contribution is 4.75. The lowest BCUT2D eigenvalue weighted by Crippen LogP contribution is -2.45. The van der Waals surface area contributed by atoms with Crippen molar-refractivity contribution in [3.05, 3.63) is 0 Å². The van der Waals surface area contributed by atoms with Gasteiger partial charge in [-0.05, 0) is 12.5 Å². The fraction of sp³-hybridized carbons (Fsp3) is 1.00. The summed E-state index contributed by atoms with van der Waals surface area (Å²) in [5, 5.41) is 0. The van der Waals surface area contributed by atoms with Crippen molar-refractivity contribution < 1.29 is 9.47 Å². The van der Waals surface area contributed by atoms with Gasteiger partial charge in [0.05, 0.1) is 0 Å². The average molecular weight is 260 g/mol. The first kappa shape index (κ1) is 17.8. The second-order valence-electron chi connectivity index (χ2n) is 4.80. The molecule has 0 aliphatic carbocycles. The van der Waals surface area contributed by atoms with Crippen molar-refractivity contribution in [1.29, 1.82) is 0 Å². The zero-order valence-corrected chi connectivity index (χ0v) is 12.8. The molecular weight excluding hydrogens is 228 g/mol. The van der Waals surface area contributed by atoms with Crippen molar-refractivity contribution in [3.8, 4) is 0 Å². The number of hydrogen-bond donors (Lipinski definition) is 1. The summed E-state index contributed by atoms with van der Waals surface area (Å²) in [6.45, 7) is 9.50. The molecule has 0 aliphatic rings. The molecule has 0 aromatic carbocycles. The van der Waals surface area contributed by atoms with Gasteiger partial charge in [-0.25, -0.2) is 0 Å². The Hall–Kier alpha value is -0.160. The summed E-state index contributed by atoms with van der Waals surface area (Å²) in [5.41, 5.74) is 5.91. The fourth-order valence-corrected chi connectivity index (χ4v) is 2.32. The molecule has 1 unspecified atom stereocenters. The highest BCUT2D eigenvalue weighted by Gasteiger charge is 2.22. The average Bonchev–Trinajstić information content (AvgIpc) is 2.43. The van der Waals surface area contributed by atoms with Crippen LogP contribution in [0, 0.1) is 5.92 Å². The fourth-order valence-electron chi connectivity index (χ4n) is 2.32.